The molecule has 0 fully saturated rings. The lowest BCUT2D eigenvalue weighted by Crippen LogP contribution is -1.77. The summed E-state index contributed by atoms with van der Waals surface area (Å²) in [5.41, 5.74) is 2.42. The van der Waals surface area contributed by atoms with Gasteiger partial charge in [0.1, 0.15) is 0 Å². The Morgan fingerprint density at radius 3 is 1.63 bits per heavy atom. The predicted molar refractivity (Wildman–Crippen MR) is 96.6 cm³/mol. The molecule has 0 aliphatic carbocycles. The summed E-state index contributed by atoms with van der Waals surface area (Å²) in [5.74, 6) is 0. The molecule has 0 amide bonds. The van der Waals surface area contributed by atoms with E-state index in [9.17, 15) is 0 Å². The highest BCUT2D eigenvalue weighted by Gasteiger charge is 2.09. The van der Waals surface area contributed by atoms with Crippen molar-refractivity contribution in [3.8, 4) is 0 Å². The highest BCUT2D eigenvalue weighted by atomic mass is 32.1. The molecule has 1 rings (SSSR count). The largest absolute Gasteiger partial charge is 0.135 e. The van der Waals surface area contributed by atoms with Gasteiger partial charge in [0.25, 0.3) is 0 Å². The average Bonchev–Trinajstić information content (AvgIpc) is 2.81. The molecule has 0 aliphatic rings. The summed E-state index contributed by atoms with van der Waals surface area (Å²) in [7, 11) is 0. The van der Waals surface area contributed by atoms with Crippen molar-refractivity contribution in [2.45, 2.75) is 41.5 Å². The second-order valence-corrected chi connectivity index (χ2v) is 4.15. The van der Waals surface area contributed by atoms with Crippen LogP contribution in [-0.2, 0) is 0 Å². The molecule has 1 heteroatoms. The van der Waals surface area contributed by atoms with E-state index in [1.807, 2.05) is 65.8 Å². The summed E-state index contributed by atoms with van der Waals surface area (Å²) < 4.78 is 0. The normalized spacial score (nSPS) is 9.58. The lowest BCUT2D eigenvalue weighted by molar-refractivity contribution is 1.50. The molecule has 0 atom stereocenters. The maximum absolute atomic E-state index is 3.87. The van der Waals surface area contributed by atoms with Crippen molar-refractivity contribution in [2.75, 3.05) is 0 Å². The smallest absolute Gasteiger partial charge is 0.0351 e. The molecule has 106 valence electrons. The van der Waals surface area contributed by atoms with Crippen molar-refractivity contribution in [1.82, 2.24) is 0 Å². The molecule has 0 saturated heterocycles. The highest BCUT2D eigenvalue weighted by molar-refractivity contribution is 7.14. The van der Waals surface area contributed by atoms with Crippen LogP contribution >= 0.6 is 11.3 Å². The van der Waals surface area contributed by atoms with Crippen LogP contribution in [0.5, 0.6) is 0 Å². The van der Waals surface area contributed by atoms with E-state index in [0.29, 0.717) is 0 Å². The number of allylic oxidation sites excluding steroid dienone is 2. The van der Waals surface area contributed by atoms with Gasteiger partial charge >= 0.3 is 0 Å². The van der Waals surface area contributed by atoms with E-state index < -0.39 is 0 Å². The standard InChI is InChI=1S/C14H16S.2C2H6/c1-5-9-12-11(7-3)14(10-6-2)15-13(12)8-4;2*1-2/h5-10H,3-4H2,1-2H3;2*1-2H3/b9-5-,10-6-;;. The van der Waals surface area contributed by atoms with Crippen molar-refractivity contribution in [3.05, 3.63) is 46.2 Å². The quantitative estimate of drug-likeness (QED) is 0.547. The molecular weight excluding hydrogens is 248 g/mol. The Labute approximate surface area is 123 Å². The van der Waals surface area contributed by atoms with Crippen LogP contribution in [0.2, 0.25) is 0 Å². The summed E-state index contributed by atoms with van der Waals surface area (Å²) in [5, 5.41) is 0. The minimum absolute atomic E-state index is 1.20. The van der Waals surface area contributed by atoms with Gasteiger partial charge < -0.3 is 0 Å². The predicted octanol–water partition coefficient (Wildman–Crippen LogP) is 7.15. The Kier molecular flexibility index (Phi) is 13.8. The first-order valence-corrected chi connectivity index (χ1v) is 7.77. The van der Waals surface area contributed by atoms with Crippen molar-refractivity contribution >= 4 is 35.6 Å². The lowest BCUT2D eigenvalue weighted by Gasteiger charge is -1.95. The van der Waals surface area contributed by atoms with Gasteiger partial charge in [0.05, 0.1) is 0 Å². The van der Waals surface area contributed by atoms with Crippen LogP contribution in [0.25, 0.3) is 24.3 Å². The Balaban J connectivity index is 0. The fraction of sp³-hybridized carbons (Fsp3) is 0.333. The summed E-state index contributed by atoms with van der Waals surface area (Å²) in [6.45, 7) is 19.8. The molecule has 0 N–H and O–H groups in total. The molecule has 1 heterocycles. The number of hydrogen-bond donors (Lipinski definition) is 0. The minimum atomic E-state index is 1.20. The van der Waals surface area contributed by atoms with Crippen LogP contribution in [0, 0.1) is 0 Å². The van der Waals surface area contributed by atoms with Crippen LogP contribution in [0.15, 0.2) is 25.3 Å². The molecule has 0 unspecified atom stereocenters. The lowest BCUT2D eigenvalue weighted by atomic mass is 10.1. The fourth-order valence-corrected chi connectivity index (χ4v) is 2.59. The molecule has 0 bridgehead atoms. The van der Waals surface area contributed by atoms with Crippen molar-refractivity contribution < 1.29 is 0 Å². The number of rotatable bonds is 4. The van der Waals surface area contributed by atoms with E-state index in [0.717, 1.165) is 0 Å². The van der Waals surface area contributed by atoms with E-state index in [-0.39, 0.29) is 0 Å². The van der Waals surface area contributed by atoms with Gasteiger partial charge in [0, 0.05) is 9.75 Å². The summed E-state index contributed by atoms with van der Waals surface area (Å²) >= 11 is 1.75. The zero-order chi connectivity index (χ0) is 15.3. The van der Waals surface area contributed by atoms with E-state index in [2.05, 4.69) is 25.3 Å². The molecular formula is C18H28S. The third-order valence-electron chi connectivity index (χ3n) is 2.08. The molecule has 0 aliphatic heterocycles. The van der Waals surface area contributed by atoms with Gasteiger partial charge in [-0.3, -0.25) is 0 Å². The van der Waals surface area contributed by atoms with Crippen LogP contribution < -0.4 is 0 Å². The third kappa shape index (κ3) is 5.89. The van der Waals surface area contributed by atoms with Crippen molar-refractivity contribution in [1.29, 1.82) is 0 Å². The average molecular weight is 276 g/mol. The van der Waals surface area contributed by atoms with Crippen molar-refractivity contribution in [3.63, 3.8) is 0 Å². The number of hydrogen-bond acceptors (Lipinski definition) is 1. The van der Waals surface area contributed by atoms with E-state index in [4.69, 9.17) is 0 Å². The van der Waals surface area contributed by atoms with Gasteiger partial charge in [0.15, 0.2) is 0 Å². The van der Waals surface area contributed by atoms with Crippen LogP contribution in [-0.4, -0.2) is 0 Å². The molecule has 1 aromatic heterocycles. The molecule has 0 aromatic carbocycles. The van der Waals surface area contributed by atoms with Crippen LogP contribution in [0.1, 0.15) is 62.4 Å². The van der Waals surface area contributed by atoms with Crippen LogP contribution in [0.3, 0.4) is 0 Å². The second kappa shape index (κ2) is 13.1. The topological polar surface area (TPSA) is 0 Å². The van der Waals surface area contributed by atoms with E-state index in [1.165, 1.54) is 20.9 Å². The van der Waals surface area contributed by atoms with Gasteiger partial charge in [-0.1, -0.05) is 71.2 Å². The minimum Gasteiger partial charge on any atom is -0.135 e. The van der Waals surface area contributed by atoms with Gasteiger partial charge in [-0.15, -0.1) is 11.3 Å². The van der Waals surface area contributed by atoms with Gasteiger partial charge in [-0.25, -0.2) is 0 Å². The second-order valence-electron chi connectivity index (χ2n) is 3.07. The molecule has 19 heavy (non-hydrogen) atoms. The monoisotopic (exact) mass is 276 g/mol. The molecule has 0 saturated carbocycles. The van der Waals surface area contributed by atoms with Gasteiger partial charge in [-0.2, -0.15) is 0 Å². The Bertz CT molecular complexity index is 417. The Hall–Kier alpha value is -1.34. The third-order valence-corrected chi connectivity index (χ3v) is 3.26. The Morgan fingerprint density at radius 1 is 0.737 bits per heavy atom. The maximum Gasteiger partial charge on any atom is 0.0351 e. The van der Waals surface area contributed by atoms with Crippen molar-refractivity contribution in [2.24, 2.45) is 0 Å². The van der Waals surface area contributed by atoms with E-state index in [1.54, 1.807) is 11.3 Å². The molecule has 0 radical (unpaired) electrons. The summed E-state index contributed by atoms with van der Waals surface area (Å²) in [4.78, 5) is 2.45. The first-order chi connectivity index (χ1) is 9.28. The number of thiophene rings is 1. The molecule has 0 nitrogen and oxygen atoms in total. The van der Waals surface area contributed by atoms with Crippen LogP contribution in [0.4, 0.5) is 0 Å². The Morgan fingerprint density at radius 2 is 1.26 bits per heavy atom. The fourth-order valence-electron chi connectivity index (χ4n) is 1.47. The first kappa shape index (κ1) is 20.0. The molecule has 0 spiro atoms. The molecule has 1 aromatic rings. The summed E-state index contributed by atoms with van der Waals surface area (Å²) in [6.07, 6.45) is 12.1. The summed E-state index contributed by atoms with van der Waals surface area (Å²) in [6, 6.07) is 0. The zero-order valence-electron chi connectivity index (χ0n) is 13.3. The first-order valence-electron chi connectivity index (χ1n) is 6.95. The maximum atomic E-state index is 3.87. The van der Waals surface area contributed by atoms with Gasteiger partial charge in [-0.05, 0) is 31.1 Å². The van der Waals surface area contributed by atoms with Gasteiger partial charge in [0.2, 0.25) is 0 Å². The SMILES string of the molecule is C=Cc1sc(/C=C\C)c(C=C)c1/C=C\C.CC.CC. The van der Waals surface area contributed by atoms with E-state index >= 15 is 0 Å². The highest BCUT2D eigenvalue weighted by Crippen LogP contribution is 2.32. The zero-order valence-corrected chi connectivity index (χ0v) is 14.1.